The molecule has 1 rings (SSSR count). The predicted molar refractivity (Wildman–Crippen MR) is 58.5 cm³/mol. The Hall–Kier alpha value is -0.830. The molecule has 84 valence electrons. The third-order valence-corrected chi connectivity index (χ3v) is 2.93. The summed E-state index contributed by atoms with van der Waals surface area (Å²) in [6, 6.07) is 6.24. The summed E-state index contributed by atoms with van der Waals surface area (Å²) in [5.74, 6) is 0.277. The molecule has 0 aromatic heterocycles. The van der Waals surface area contributed by atoms with Gasteiger partial charge in [-0.15, -0.1) is 0 Å². The molecule has 0 atom stereocenters. The molecule has 0 aliphatic rings. The molecule has 4 nitrogen and oxygen atoms in total. The van der Waals surface area contributed by atoms with Crippen LogP contribution in [0.4, 0.5) is 0 Å². The lowest BCUT2D eigenvalue weighted by Crippen LogP contribution is -2.10. The fourth-order valence-corrected chi connectivity index (χ4v) is 1.85. The third-order valence-electron chi connectivity index (χ3n) is 1.93. The average molecular weight is 230 g/mol. The van der Waals surface area contributed by atoms with Crippen molar-refractivity contribution in [3.8, 4) is 5.75 Å². The smallest absolute Gasteiger partial charge is 0.359 e. The SMILES string of the molecule is CCCCOc1ccccc1P(=O)(O)O. The standard InChI is InChI=1S/C10H15O4P/c1-2-3-8-14-9-6-4-5-7-10(9)15(11,12)13/h4-7H,2-3,8H2,1H3,(H2,11,12,13). The zero-order valence-electron chi connectivity index (χ0n) is 8.59. The molecule has 1 aromatic carbocycles. The monoisotopic (exact) mass is 230 g/mol. The van der Waals surface area contributed by atoms with Crippen LogP contribution in [-0.4, -0.2) is 16.4 Å². The van der Waals surface area contributed by atoms with Crippen LogP contribution in [0.3, 0.4) is 0 Å². The zero-order valence-corrected chi connectivity index (χ0v) is 9.48. The van der Waals surface area contributed by atoms with Gasteiger partial charge in [-0.3, -0.25) is 4.57 Å². The Morgan fingerprint density at radius 2 is 2.00 bits per heavy atom. The first kappa shape index (κ1) is 12.2. The van der Waals surface area contributed by atoms with E-state index in [1.807, 2.05) is 6.92 Å². The van der Waals surface area contributed by atoms with Gasteiger partial charge in [0, 0.05) is 0 Å². The van der Waals surface area contributed by atoms with E-state index in [4.69, 9.17) is 14.5 Å². The first-order chi connectivity index (χ1) is 7.05. The maximum atomic E-state index is 11.1. The molecule has 0 radical (unpaired) electrons. The molecule has 1 aromatic rings. The van der Waals surface area contributed by atoms with Crippen LogP contribution in [0.25, 0.3) is 0 Å². The Morgan fingerprint density at radius 3 is 2.60 bits per heavy atom. The minimum absolute atomic E-state index is 0.0406. The highest BCUT2D eigenvalue weighted by atomic mass is 31.2. The molecule has 2 N–H and O–H groups in total. The number of ether oxygens (including phenoxy) is 1. The quantitative estimate of drug-likeness (QED) is 0.596. The van der Waals surface area contributed by atoms with Crippen LogP contribution in [0.1, 0.15) is 19.8 Å². The van der Waals surface area contributed by atoms with E-state index in [-0.39, 0.29) is 11.1 Å². The van der Waals surface area contributed by atoms with Gasteiger partial charge < -0.3 is 14.5 Å². The van der Waals surface area contributed by atoms with E-state index >= 15 is 0 Å². The van der Waals surface area contributed by atoms with Crippen molar-refractivity contribution in [2.75, 3.05) is 6.61 Å². The van der Waals surface area contributed by atoms with E-state index in [1.165, 1.54) is 6.07 Å². The minimum atomic E-state index is -4.23. The molecule has 0 unspecified atom stereocenters. The van der Waals surface area contributed by atoms with E-state index in [0.29, 0.717) is 6.61 Å². The van der Waals surface area contributed by atoms with Gasteiger partial charge in [-0.05, 0) is 18.6 Å². The van der Waals surface area contributed by atoms with Crippen molar-refractivity contribution >= 4 is 12.9 Å². The largest absolute Gasteiger partial charge is 0.493 e. The maximum Gasteiger partial charge on any atom is 0.359 e. The first-order valence-corrected chi connectivity index (χ1v) is 6.45. The van der Waals surface area contributed by atoms with Crippen molar-refractivity contribution in [1.82, 2.24) is 0 Å². The molecule has 0 aliphatic carbocycles. The van der Waals surface area contributed by atoms with Gasteiger partial charge in [-0.1, -0.05) is 25.5 Å². The first-order valence-electron chi connectivity index (χ1n) is 4.83. The van der Waals surface area contributed by atoms with E-state index in [9.17, 15) is 4.57 Å². The third kappa shape index (κ3) is 3.67. The fourth-order valence-electron chi connectivity index (χ4n) is 1.15. The summed E-state index contributed by atoms with van der Waals surface area (Å²) >= 11 is 0. The molecule has 0 fully saturated rings. The summed E-state index contributed by atoms with van der Waals surface area (Å²) in [5.41, 5.74) is 0. The highest BCUT2D eigenvalue weighted by Crippen LogP contribution is 2.37. The second-order valence-corrected chi connectivity index (χ2v) is 4.78. The highest BCUT2D eigenvalue weighted by Gasteiger charge is 2.21. The van der Waals surface area contributed by atoms with Crippen LogP contribution in [0, 0.1) is 0 Å². The summed E-state index contributed by atoms with van der Waals surface area (Å²) in [7, 11) is -4.23. The van der Waals surface area contributed by atoms with Crippen molar-refractivity contribution in [2.45, 2.75) is 19.8 Å². The molecule has 5 heteroatoms. The van der Waals surface area contributed by atoms with Crippen LogP contribution >= 0.6 is 7.60 Å². The molecule has 0 saturated heterocycles. The molecule has 0 heterocycles. The molecular weight excluding hydrogens is 215 g/mol. The van der Waals surface area contributed by atoms with Crippen LogP contribution in [-0.2, 0) is 4.57 Å². The van der Waals surface area contributed by atoms with E-state index in [2.05, 4.69) is 0 Å². The molecule has 0 bridgehead atoms. The van der Waals surface area contributed by atoms with Crippen LogP contribution in [0.2, 0.25) is 0 Å². The predicted octanol–water partition coefficient (Wildman–Crippen LogP) is 1.67. The Kier molecular flexibility index (Phi) is 4.33. The Balaban J connectivity index is 2.83. The van der Waals surface area contributed by atoms with Gasteiger partial charge in [0.2, 0.25) is 0 Å². The van der Waals surface area contributed by atoms with Gasteiger partial charge in [-0.2, -0.15) is 0 Å². The molecule has 0 saturated carbocycles. The molecular formula is C10H15O4P. The second-order valence-electron chi connectivity index (χ2n) is 3.21. The Morgan fingerprint density at radius 1 is 1.33 bits per heavy atom. The maximum absolute atomic E-state index is 11.1. The minimum Gasteiger partial charge on any atom is -0.493 e. The van der Waals surface area contributed by atoms with E-state index in [1.54, 1.807) is 18.2 Å². The topological polar surface area (TPSA) is 66.8 Å². The van der Waals surface area contributed by atoms with Crippen LogP contribution in [0.5, 0.6) is 5.75 Å². The van der Waals surface area contributed by atoms with E-state index < -0.39 is 7.60 Å². The molecule has 0 spiro atoms. The summed E-state index contributed by atoms with van der Waals surface area (Å²) < 4.78 is 16.4. The van der Waals surface area contributed by atoms with Gasteiger partial charge in [-0.25, -0.2) is 0 Å². The number of hydrogen-bond donors (Lipinski definition) is 2. The van der Waals surface area contributed by atoms with Crippen LogP contribution < -0.4 is 10.0 Å². The summed E-state index contributed by atoms with van der Waals surface area (Å²) in [4.78, 5) is 18.1. The lowest BCUT2D eigenvalue weighted by atomic mass is 10.3. The van der Waals surface area contributed by atoms with Crippen molar-refractivity contribution in [3.63, 3.8) is 0 Å². The van der Waals surface area contributed by atoms with Crippen molar-refractivity contribution < 1.29 is 19.1 Å². The zero-order chi connectivity index (χ0) is 11.3. The number of hydrogen-bond acceptors (Lipinski definition) is 2. The van der Waals surface area contributed by atoms with Gasteiger partial charge in [0.15, 0.2) is 0 Å². The number of para-hydroxylation sites is 1. The lowest BCUT2D eigenvalue weighted by Gasteiger charge is -2.11. The van der Waals surface area contributed by atoms with Gasteiger partial charge in [0.05, 0.1) is 6.61 Å². The summed E-state index contributed by atoms with van der Waals surface area (Å²) in [6.07, 6.45) is 1.85. The van der Waals surface area contributed by atoms with Crippen molar-refractivity contribution in [1.29, 1.82) is 0 Å². The van der Waals surface area contributed by atoms with Gasteiger partial charge in [0.25, 0.3) is 0 Å². The van der Waals surface area contributed by atoms with Gasteiger partial charge >= 0.3 is 7.60 Å². The Labute approximate surface area is 89.1 Å². The van der Waals surface area contributed by atoms with Crippen molar-refractivity contribution in [2.24, 2.45) is 0 Å². The number of benzene rings is 1. The van der Waals surface area contributed by atoms with Crippen LogP contribution in [0.15, 0.2) is 24.3 Å². The average Bonchev–Trinajstić information content (AvgIpc) is 2.17. The van der Waals surface area contributed by atoms with Gasteiger partial charge in [0.1, 0.15) is 11.1 Å². The normalized spacial score (nSPS) is 11.4. The highest BCUT2D eigenvalue weighted by molar-refractivity contribution is 7.60. The summed E-state index contributed by atoms with van der Waals surface area (Å²) in [6.45, 7) is 2.51. The molecule has 0 aliphatic heterocycles. The molecule has 15 heavy (non-hydrogen) atoms. The Bertz CT molecular complexity index is 358. The summed E-state index contributed by atoms with van der Waals surface area (Å²) in [5, 5.41) is -0.0406. The fraction of sp³-hybridized carbons (Fsp3) is 0.400. The number of unbranched alkanes of at least 4 members (excludes halogenated alkanes) is 1. The second kappa shape index (κ2) is 5.31. The number of rotatable bonds is 5. The molecule has 0 amide bonds. The van der Waals surface area contributed by atoms with E-state index in [0.717, 1.165) is 12.8 Å². The van der Waals surface area contributed by atoms with Crippen molar-refractivity contribution in [3.05, 3.63) is 24.3 Å². The lowest BCUT2D eigenvalue weighted by molar-refractivity contribution is 0.309.